The summed E-state index contributed by atoms with van der Waals surface area (Å²) in [6.45, 7) is 1.95. The molecular weight excluding hydrogens is 344 g/mol. The molecule has 0 aliphatic carbocycles. The van der Waals surface area contributed by atoms with E-state index in [0.29, 0.717) is 10.9 Å². The second kappa shape index (κ2) is 7.26. The van der Waals surface area contributed by atoms with Crippen molar-refractivity contribution < 1.29 is 19.8 Å². The quantitative estimate of drug-likeness (QED) is 0.669. The average Bonchev–Trinajstić information content (AvgIpc) is 2.65. The minimum Gasteiger partial charge on any atom is -0.504 e. The predicted octanol–water partition coefficient (Wildman–Crippen LogP) is 3.84. The second-order valence-electron chi connectivity index (χ2n) is 6.18. The van der Waals surface area contributed by atoms with Crippen molar-refractivity contribution in [2.24, 2.45) is 0 Å². The summed E-state index contributed by atoms with van der Waals surface area (Å²) in [6.07, 6.45) is -0.682. The first-order valence-corrected chi connectivity index (χ1v) is 8.30. The number of aryl methyl sites for hydroxylation is 1. The summed E-state index contributed by atoms with van der Waals surface area (Å²) < 4.78 is 0. The Morgan fingerprint density at radius 2 is 1.89 bits per heavy atom. The van der Waals surface area contributed by atoms with E-state index >= 15 is 0 Å². The van der Waals surface area contributed by atoms with Gasteiger partial charge in [0.15, 0.2) is 11.5 Å². The molecule has 6 nitrogen and oxygen atoms in total. The Kier molecular flexibility index (Phi) is 4.86. The standard InChI is InChI=1S/C21H16N2O4/c1-12-4-2-5-13(10-12)14-6-3-7-15-16(11-22)21(27)20(23-19(14)15)17(24)8-9-18(25)26/h2-7,10,27H,8-9H2,1H3,(H,25,26). The van der Waals surface area contributed by atoms with Crippen LogP contribution in [0, 0.1) is 18.3 Å². The van der Waals surface area contributed by atoms with Crippen LogP contribution in [-0.4, -0.2) is 26.9 Å². The molecule has 3 rings (SSSR count). The van der Waals surface area contributed by atoms with Crippen LogP contribution >= 0.6 is 0 Å². The molecule has 0 bridgehead atoms. The predicted molar refractivity (Wildman–Crippen MR) is 99.5 cm³/mol. The maximum atomic E-state index is 12.4. The first-order valence-electron chi connectivity index (χ1n) is 8.30. The molecule has 0 spiro atoms. The van der Waals surface area contributed by atoms with Gasteiger partial charge in [0.2, 0.25) is 0 Å². The number of carbonyl (C=O) groups excluding carboxylic acids is 1. The number of hydrogen-bond acceptors (Lipinski definition) is 5. The van der Waals surface area contributed by atoms with Gasteiger partial charge in [-0.2, -0.15) is 5.26 Å². The number of aromatic hydroxyl groups is 1. The molecule has 0 saturated heterocycles. The van der Waals surface area contributed by atoms with Gasteiger partial charge in [0, 0.05) is 17.4 Å². The average molecular weight is 360 g/mol. The molecule has 134 valence electrons. The minimum absolute atomic E-state index is 0.0480. The minimum atomic E-state index is -1.12. The molecule has 0 unspecified atom stereocenters. The normalized spacial score (nSPS) is 10.5. The van der Waals surface area contributed by atoms with Gasteiger partial charge >= 0.3 is 5.97 Å². The summed E-state index contributed by atoms with van der Waals surface area (Å²) >= 11 is 0. The number of benzene rings is 2. The van der Waals surface area contributed by atoms with Crippen molar-refractivity contribution in [3.05, 3.63) is 59.3 Å². The molecule has 3 aromatic rings. The molecule has 6 heteroatoms. The number of carbonyl (C=O) groups is 2. The Morgan fingerprint density at radius 3 is 2.56 bits per heavy atom. The molecule has 1 heterocycles. The topological polar surface area (TPSA) is 111 Å². The molecule has 0 atom stereocenters. The van der Waals surface area contributed by atoms with Crippen molar-refractivity contribution >= 4 is 22.7 Å². The number of aliphatic carboxylic acids is 1. The van der Waals surface area contributed by atoms with Gasteiger partial charge in [0.25, 0.3) is 0 Å². The zero-order valence-corrected chi connectivity index (χ0v) is 14.6. The van der Waals surface area contributed by atoms with Gasteiger partial charge in [-0.25, -0.2) is 4.98 Å². The number of nitrogens with zero attached hydrogens (tertiary/aromatic N) is 2. The molecular formula is C21H16N2O4. The van der Waals surface area contributed by atoms with Gasteiger partial charge in [-0.05, 0) is 12.5 Å². The summed E-state index contributed by atoms with van der Waals surface area (Å²) in [4.78, 5) is 27.5. The molecule has 0 aliphatic rings. The van der Waals surface area contributed by atoms with E-state index in [-0.39, 0.29) is 24.1 Å². The molecule has 0 amide bonds. The van der Waals surface area contributed by atoms with Crippen LogP contribution in [0.4, 0.5) is 0 Å². The first kappa shape index (κ1) is 18.1. The van der Waals surface area contributed by atoms with Gasteiger partial charge in [-0.3, -0.25) is 9.59 Å². The number of pyridine rings is 1. The third-order valence-electron chi connectivity index (χ3n) is 4.26. The van der Waals surface area contributed by atoms with Crippen LogP contribution in [0.3, 0.4) is 0 Å². The van der Waals surface area contributed by atoms with Crippen LogP contribution in [0.25, 0.3) is 22.0 Å². The molecule has 0 aliphatic heterocycles. The third-order valence-corrected chi connectivity index (χ3v) is 4.26. The van der Waals surface area contributed by atoms with Crippen molar-refractivity contribution in [1.82, 2.24) is 4.98 Å². The summed E-state index contributed by atoms with van der Waals surface area (Å²) in [5.41, 5.74) is 2.72. The van der Waals surface area contributed by atoms with Crippen molar-refractivity contribution in [2.45, 2.75) is 19.8 Å². The smallest absolute Gasteiger partial charge is 0.303 e. The van der Waals surface area contributed by atoms with E-state index in [1.165, 1.54) is 0 Å². The largest absolute Gasteiger partial charge is 0.504 e. The number of fused-ring (bicyclic) bond motifs is 1. The van der Waals surface area contributed by atoms with E-state index in [4.69, 9.17) is 5.11 Å². The monoisotopic (exact) mass is 360 g/mol. The molecule has 0 radical (unpaired) electrons. The lowest BCUT2D eigenvalue weighted by molar-refractivity contribution is -0.136. The zero-order valence-electron chi connectivity index (χ0n) is 14.6. The molecule has 0 saturated carbocycles. The molecule has 2 aromatic carbocycles. The zero-order chi connectivity index (χ0) is 19.6. The van der Waals surface area contributed by atoms with Crippen LogP contribution < -0.4 is 0 Å². The number of para-hydroxylation sites is 1. The van der Waals surface area contributed by atoms with Crippen LogP contribution in [0.2, 0.25) is 0 Å². The van der Waals surface area contributed by atoms with E-state index in [1.54, 1.807) is 12.1 Å². The number of rotatable bonds is 5. The maximum absolute atomic E-state index is 12.4. The van der Waals surface area contributed by atoms with Crippen LogP contribution in [0.5, 0.6) is 5.75 Å². The van der Waals surface area contributed by atoms with E-state index in [0.717, 1.165) is 16.7 Å². The molecule has 27 heavy (non-hydrogen) atoms. The lowest BCUT2D eigenvalue weighted by Gasteiger charge is -2.12. The van der Waals surface area contributed by atoms with Gasteiger partial charge in [-0.15, -0.1) is 0 Å². The van der Waals surface area contributed by atoms with E-state index in [9.17, 15) is 20.0 Å². The summed E-state index contributed by atoms with van der Waals surface area (Å²) in [5, 5.41) is 29.1. The van der Waals surface area contributed by atoms with Crippen LogP contribution in [0.15, 0.2) is 42.5 Å². The fraction of sp³-hybridized carbons (Fsp3) is 0.143. The number of carboxylic acid groups (broad SMARTS) is 1. The fourth-order valence-corrected chi connectivity index (χ4v) is 2.97. The Labute approximate surface area is 155 Å². The first-order chi connectivity index (χ1) is 12.9. The lowest BCUT2D eigenvalue weighted by atomic mass is 9.97. The van der Waals surface area contributed by atoms with Crippen molar-refractivity contribution in [3.63, 3.8) is 0 Å². The van der Waals surface area contributed by atoms with Crippen molar-refractivity contribution in [1.29, 1.82) is 5.26 Å². The number of carboxylic acids is 1. The number of ketones is 1. The highest BCUT2D eigenvalue weighted by Gasteiger charge is 2.22. The Balaban J connectivity index is 2.26. The highest BCUT2D eigenvalue weighted by atomic mass is 16.4. The Morgan fingerprint density at radius 1 is 1.15 bits per heavy atom. The highest BCUT2D eigenvalue weighted by Crippen LogP contribution is 2.34. The highest BCUT2D eigenvalue weighted by molar-refractivity contribution is 6.05. The van der Waals surface area contributed by atoms with Crippen molar-refractivity contribution in [3.8, 4) is 22.9 Å². The molecule has 0 fully saturated rings. The number of Topliss-reactive ketones (excluding diaryl/α,β-unsaturated/α-hetero) is 1. The Hall–Kier alpha value is -3.72. The third kappa shape index (κ3) is 3.48. The lowest BCUT2D eigenvalue weighted by Crippen LogP contribution is -2.08. The van der Waals surface area contributed by atoms with Crippen LogP contribution in [-0.2, 0) is 4.79 Å². The van der Waals surface area contributed by atoms with E-state index in [1.807, 2.05) is 43.3 Å². The van der Waals surface area contributed by atoms with Crippen molar-refractivity contribution in [2.75, 3.05) is 0 Å². The second-order valence-corrected chi connectivity index (χ2v) is 6.18. The summed E-state index contributed by atoms with van der Waals surface area (Å²) in [6, 6.07) is 14.9. The van der Waals surface area contributed by atoms with Crippen LogP contribution in [0.1, 0.15) is 34.5 Å². The van der Waals surface area contributed by atoms with E-state index in [2.05, 4.69) is 4.98 Å². The molecule has 2 N–H and O–H groups in total. The van der Waals surface area contributed by atoms with Gasteiger partial charge in [-0.1, -0.05) is 48.0 Å². The van der Waals surface area contributed by atoms with Gasteiger partial charge in [0.1, 0.15) is 17.3 Å². The van der Waals surface area contributed by atoms with E-state index < -0.39 is 17.5 Å². The Bertz CT molecular complexity index is 1110. The van der Waals surface area contributed by atoms with Gasteiger partial charge in [0.05, 0.1) is 11.9 Å². The van der Waals surface area contributed by atoms with Gasteiger partial charge < -0.3 is 10.2 Å². The molecule has 1 aromatic heterocycles. The maximum Gasteiger partial charge on any atom is 0.303 e. The summed E-state index contributed by atoms with van der Waals surface area (Å²) in [7, 11) is 0. The SMILES string of the molecule is Cc1cccc(-c2cccc3c(C#N)c(O)c(C(=O)CCC(=O)O)nc23)c1. The fourth-order valence-electron chi connectivity index (χ4n) is 2.97. The summed E-state index contributed by atoms with van der Waals surface area (Å²) in [5.74, 6) is -2.25. The number of aromatic nitrogens is 1. The number of hydrogen-bond donors (Lipinski definition) is 2. The number of nitriles is 1.